The Hall–Kier alpha value is -4.38. The minimum absolute atomic E-state index is 0.115. The van der Waals surface area contributed by atoms with Crippen LogP contribution in [0.5, 0.6) is 0 Å². The zero-order valence-corrected chi connectivity index (χ0v) is 20.3. The number of benzene rings is 4. The van der Waals surface area contributed by atoms with Crippen molar-refractivity contribution in [3.8, 4) is 0 Å². The first-order valence-electron chi connectivity index (χ1n) is 12.1. The summed E-state index contributed by atoms with van der Waals surface area (Å²) in [6.45, 7) is 3.85. The molecule has 5 aromatic rings. The number of carbonyl (C=O) groups is 2. The maximum absolute atomic E-state index is 13.6. The fourth-order valence-corrected chi connectivity index (χ4v) is 4.58. The maximum Gasteiger partial charge on any atom is 0.247 e. The highest BCUT2D eigenvalue weighted by molar-refractivity contribution is 6.07. The first-order valence-corrected chi connectivity index (χ1v) is 12.1. The first-order chi connectivity index (χ1) is 17.5. The van der Waals surface area contributed by atoms with Crippen LogP contribution < -0.4 is 10.6 Å². The quantitative estimate of drug-likeness (QED) is 0.282. The molecule has 1 heterocycles. The largest absolute Gasteiger partial charge is 0.456 e. The molecule has 0 aliphatic heterocycles. The smallest absolute Gasteiger partial charge is 0.247 e. The predicted octanol–water partition coefficient (Wildman–Crippen LogP) is 6.50. The van der Waals surface area contributed by atoms with Gasteiger partial charge in [-0.15, -0.1) is 0 Å². The van der Waals surface area contributed by atoms with E-state index in [4.69, 9.17) is 4.42 Å². The molecule has 5 heteroatoms. The lowest BCUT2D eigenvalue weighted by Gasteiger charge is -2.25. The van der Waals surface area contributed by atoms with Crippen molar-refractivity contribution in [1.82, 2.24) is 5.32 Å². The molecule has 5 nitrogen and oxygen atoms in total. The Balaban J connectivity index is 1.38. The lowest BCUT2D eigenvalue weighted by Crippen LogP contribution is -2.48. The number of anilines is 1. The van der Waals surface area contributed by atoms with Gasteiger partial charge in [0.1, 0.15) is 17.2 Å². The minimum Gasteiger partial charge on any atom is -0.456 e. The van der Waals surface area contributed by atoms with Gasteiger partial charge in [0.05, 0.1) is 5.92 Å². The number of furan rings is 1. The summed E-state index contributed by atoms with van der Waals surface area (Å²) in [7, 11) is 0. The van der Waals surface area contributed by atoms with E-state index in [0.717, 1.165) is 27.5 Å². The van der Waals surface area contributed by atoms with Crippen molar-refractivity contribution in [3.05, 3.63) is 114 Å². The van der Waals surface area contributed by atoms with Gasteiger partial charge in [-0.05, 0) is 35.2 Å². The highest BCUT2D eigenvalue weighted by Gasteiger charge is 2.29. The van der Waals surface area contributed by atoms with Crippen LogP contribution in [0.4, 0.5) is 5.69 Å². The van der Waals surface area contributed by atoms with Crippen LogP contribution in [0, 0.1) is 5.92 Å². The molecule has 0 spiro atoms. The molecule has 0 aliphatic rings. The maximum atomic E-state index is 13.6. The molecule has 0 saturated carbocycles. The third-order valence-corrected chi connectivity index (χ3v) is 6.42. The van der Waals surface area contributed by atoms with Crippen LogP contribution >= 0.6 is 0 Å². The Morgan fingerprint density at radius 2 is 1.25 bits per heavy atom. The van der Waals surface area contributed by atoms with E-state index in [9.17, 15) is 9.59 Å². The molecule has 0 unspecified atom stereocenters. The third kappa shape index (κ3) is 4.73. The molecule has 5 rings (SSSR count). The molecular formula is C31H28N2O3. The SMILES string of the molecule is CC(C)[C@H](NC(=O)C(c1ccccc1)c1ccccc1)C(=O)Nc1ccc2c(c1)oc1ccccc12. The van der Waals surface area contributed by atoms with Gasteiger partial charge in [-0.1, -0.05) is 92.7 Å². The molecule has 180 valence electrons. The molecule has 2 N–H and O–H groups in total. The number of fused-ring (bicyclic) bond motifs is 3. The molecule has 4 aromatic carbocycles. The van der Waals surface area contributed by atoms with Crippen molar-refractivity contribution < 1.29 is 14.0 Å². The lowest BCUT2D eigenvalue weighted by molar-refractivity contribution is -0.127. The number of para-hydroxylation sites is 1. The van der Waals surface area contributed by atoms with E-state index in [2.05, 4.69) is 10.6 Å². The van der Waals surface area contributed by atoms with Gasteiger partial charge < -0.3 is 15.1 Å². The molecule has 0 saturated heterocycles. The summed E-state index contributed by atoms with van der Waals surface area (Å²) in [6.07, 6.45) is 0. The molecule has 0 aliphatic carbocycles. The van der Waals surface area contributed by atoms with Crippen molar-refractivity contribution >= 4 is 39.4 Å². The van der Waals surface area contributed by atoms with Gasteiger partial charge in [-0.3, -0.25) is 9.59 Å². The number of nitrogens with one attached hydrogen (secondary N) is 2. The normalized spacial score (nSPS) is 12.2. The summed E-state index contributed by atoms with van der Waals surface area (Å²) >= 11 is 0. The van der Waals surface area contributed by atoms with Crippen LogP contribution in [-0.2, 0) is 9.59 Å². The van der Waals surface area contributed by atoms with Gasteiger partial charge in [0.25, 0.3) is 0 Å². The zero-order valence-electron chi connectivity index (χ0n) is 20.3. The van der Waals surface area contributed by atoms with Crippen LogP contribution in [0.3, 0.4) is 0 Å². The second-order valence-corrected chi connectivity index (χ2v) is 9.28. The number of carbonyl (C=O) groups excluding carboxylic acids is 2. The summed E-state index contributed by atoms with van der Waals surface area (Å²) < 4.78 is 5.96. The van der Waals surface area contributed by atoms with Crippen molar-refractivity contribution in [2.75, 3.05) is 5.32 Å². The molecule has 0 radical (unpaired) electrons. The van der Waals surface area contributed by atoms with Crippen LogP contribution in [0.2, 0.25) is 0 Å². The molecule has 36 heavy (non-hydrogen) atoms. The number of hydrogen-bond acceptors (Lipinski definition) is 3. The number of rotatable bonds is 7. The topological polar surface area (TPSA) is 71.3 Å². The summed E-state index contributed by atoms with van der Waals surface area (Å²) in [5.41, 5.74) is 3.87. The van der Waals surface area contributed by atoms with Gasteiger partial charge in [0, 0.05) is 22.5 Å². The van der Waals surface area contributed by atoms with Crippen molar-refractivity contribution in [3.63, 3.8) is 0 Å². The van der Waals surface area contributed by atoms with Gasteiger partial charge >= 0.3 is 0 Å². The van der Waals surface area contributed by atoms with Crippen LogP contribution in [0.15, 0.2) is 108 Å². The van der Waals surface area contributed by atoms with E-state index >= 15 is 0 Å². The molecule has 1 atom stereocenters. The minimum atomic E-state index is -0.709. The van der Waals surface area contributed by atoms with E-state index in [1.807, 2.05) is 117 Å². The zero-order chi connectivity index (χ0) is 25.1. The third-order valence-electron chi connectivity index (χ3n) is 6.42. The van der Waals surface area contributed by atoms with E-state index < -0.39 is 12.0 Å². The summed E-state index contributed by atoms with van der Waals surface area (Å²) in [6, 6.07) is 32.0. The van der Waals surface area contributed by atoms with E-state index in [0.29, 0.717) is 11.3 Å². The standard InChI is InChI=1S/C31H28N2O3/c1-20(2)29(33-30(34)28(21-11-5-3-6-12-21)22-13-7-4-8-14-22)31(35)32-23-17-18-25-24-15-9-10-16-26(24)36-27(25)19-23/h3-20,28-29H,1-2H3,(H,32,35)(H,33,34)/t29-/m0/s1. The average molecular weight is 477 g/mol. The van der Waals surface area contributed by atoms with E-state index in [1.165, 1.54) is 0 Å². The second kappa shape index (κ2) is 10.1. The van der Waals surface area contributed by atoms with Gasteiger partial charge in [0.15, 0.2) is 0 Å². The average Bonchev–Trinajstić information content (AvgIpc) is 3.26. The Bertz CT molecular complexity index is 1470. The Kier molecular flexibility index (Phi) is 6.54. The number of amides is 2. The molecule has 0 bridgehead atoms. The van der Waals surface area contributed by atoms with Gasteiger partial charge in [-0.25, -0.2) is 0 Å². The predicted molar refractivity (Wildman–Crippen MR) is 144 cm³/mol. The Morgan fingerprint density at radius 1 is 0.667 bits per heavy atom. The summed E-state index contributed by atoms with van der Waals surface area (Å²) in [4.78, 5) is 26.9. The highest BCUT2D eigenvalue weighted by atomic mass is 16.3. The molecule has 2 amide bonds. The van der Waals surface area contributed by atoms with E-state index in [-0.39, 0.29) is 17.7 Å². The fraction of sp³-hybridized carbons (Fsp3) is 0.161. The van der Waals surface area contributed by atoms with Crippen molar-refractivity contribution in [2.45, 2.75) is 25.8 Å². The summed E-state index contributed by atoms with van der Waals surface area (Å²) in [5.74, 6) is -1.12. The van der Waals surface area contributed by atoms with Crippen LogP contribution in [-0.4, -0.2) is 17.9 Å². The second-order valence-electron chi connectivity index (χ2n) is 9.28. The van der Waals surface area contributed by atoms with Crippen molar-refractivity contribution in [2.24, 2.45) is 5.92 Å². The van der Waals surface area contributed by atoms with E-state index in [1.54, 1.807) is 0 Å². The fourth-order valence-electron chi connectivity index (χ4n) is 4.58. The lowest BCUT2D eigenvalue weighted by atomic mass is 9.89. The Morgan fingerprint density at radius 3 is 1.89 bits per heavy atom. The summed E-state index contributed by atoms with van der Waals surface area (Å²) in [5, 5.41) is 8.01. The van der Waals surface area contributed by atoms with Gasteiger partial charge in [-0.2, -0.15) is 0 Å². The highest BCUT2D eigenvalue weighted by Crippen LogP contribution is 2.30. The van der Waals surface area contributed by atoms with Crippen LogP contribution in [0.1, 0.15) is 30.9 Å². The van der Waals surface area contributed by atoms with Gasteiger partial charge in [0.2, 0.25) is 11.8 Å². The molecular weight excluding hydrogens is 448 g/mol. The van der Waals surface area contributed by atoms with Crippen LogP contribution in [0.25, 0.3) is 21.9 Å². The van der Waals surface area contributed by atoms with Crippen molar-refractivity contribution in [1.29, 1.82) is 0 Å². The first kappa shape index (κ1) is 23.4. The monoisotopic (exact) mass is 476 g/mol. The number of hydrogen-bond donors (Lipinski definition) is 2. The molecule has 1 aromatic heterocycles. The molecule has 0 fully saturated rings. The Labute approximate surface area is 210 Å².